The molecule has 1 fully saturated rings. The third-order valence-electron chi connectivity index (χ3n) is 3.11. The first kappa shape index (κ1) is 16.8. The number of halogens is 2. The van der Waals surface area contributed by atoms with Gasteiger partial charge in [-0.05, 0) is 30.2 Å². The van der Waals surface area contributed by atoms with Crippen molar-refractivity contribution in [1.29, 1.82) is 0 Å². The molecule has 0 aliphatic carbocycles. The molecule has 2 rings (SSSR count). The normalized spacial score (nSPS) is 17.1. The number of carbonyl (C=O) groups is 1. The first-order chi connectivity index (χ1) is 10.0. The van der Waals surface area contributed by atoms with Crippen molar-refractivity contribution in [2.45, 2.75) is 26.2 Å². The van der Waals surface area contributed by atoms with E-state index < -0.39 is 0 Å². The molecule has 0 aromatic heterocycles. The van der Waals surface area contributed by atoms with E-state index in [0.717, 1.165) is 24.8 Å². The van der Waals surface area contributed by atoms with E-state index in [4.69, 9.17) is 35.4 Å². The largest absolute Gasteiger partial charge is 0.293 e. The highest BCUT2D eigenvalue weighted by Crippen LogP contribution is 2.34. The van der Waals surface area contributed by atoms with Crippen molar-refractivity contribution in [2.75, 3.05) is 6.54 Å². The van der Waals surface area contributed by atoms with Crippen LogP contribution in [0.3, 0.4) is 0 Å². The van der Waals surface area contributed by atoms with Gasteiger partial charge in [-0.3, -0.25) is 9.69 Å². The zero-order chi connectivity index (χ0) is 15.4. The molecule has 1 aliphatic heterocycles. The molecule has 0 atom stereocenters. The molecule has 6 heteroatoms. The molecule has 2 nitrogen and oxygen atoms in total. The number of hydrogen-bond donors (Lipinski definition) is 0. The number of hydrogen-bond acceptors (Lipinski definition) is 3. The third-order valence-corrected chi connectivity index (χ3v) is 5.05. The molecule has 1 amide bonds. The standard InChI is InChI=1S/C15H15Cl2NOS2/c1-2-3-4-7-18-14(19)13(21-15(18)20)8-10-5-6-11(16)9-12(10)17/h5-6,8-9H,2-4,7H2,1H3/b13-8+. The average molecular weight is 360 g/mol. The summed E-state index contributed by atoms with van der Waals surface area (Å²) in [6, 6.07) is 5.21. The lowest BCUT2D eigenvalue weighted by molar-refractivity contribution is -0.122. The Kier molecular flexibility index (Phi) is 6.11. The maximum atomic E-state index is 12.4. The van der Waals surface area contributed by atoms with Crippen molar-refractivity contribution < 1.29 is 4.79 Å². The van der Waals surface area contributed by atoms with Crippen LogP contribution in [0.5, 0.6) is 0 Å². The second-order valence-corrected chi connectivity index (χ2v) is 7.23. The predicted molar refractivity (Wildman–Crippen MR) is 95.9 cm³/mol. The number of carbonyl (C=O) groups excluding carboxylic acids is 1. The van der Waals surface area contributed by atoms with Gasteiger partial charge < -0.3 is 0 Å². The third kappa shape index (κ3) is 4.22. The van der Waals surface area contributed by atoms with Crippen LogP contribution < -0.4 is 0 Å². The van der Waals surface area contributed by atoms with E-state index in [1.54, 1.807) is 29.2 Å². The Balaban J connectivity index is 2.16. The fourth-order valence-electron chi connectivity index (χ4n) is 1.97. The highest BCUT2D eigenvalue weighted by atomic mass is 35.5. The molecule has 0 radical (unpaired) electrons. The molecule has 1 saturated heterocycles. The van der Waals surface area contributed by atoms with Crippen molar-refractivity contribution in [1.82, 2.24) is 4.90 Å². The van der Waals surface area contributed by atoms with Crippen molar-refractivity contribution >= 4 is 63.5 Å². The van der Waals surface area contributed by atoms with Gasteiger partial charge in [0.1, 0.15) is 4.32 Å². The van der Waals surface area contributed by atoms with Gasteiger partial charge in [-0.1, -0.05) is 73.0 Å². The van der Waals surface area contributed by atoms with Crippen molar-refractivity contribution in [2.24, 2.45) is 0 Å². The smallest absolute Gasteiger partial charge is 0.266 e. The molecule has 1 aliphatic rings. The van der Waals surface area contributed by atoms with Gasteiger partial charge in [0, 0.05) is 16.6 Å². The first-order valence-corrected chi connectivity index (χ1v) is 8.71. The molecule has 0 saturated carbocycles. The summed E-state index contributed by atoms with van der Waals surface area (Å²) in [5.41, 5.74) is 0.773. The maximum absolute atomic E-state index is 12.4. The monoisotopic (exact) mass is 359 g/mol. The van der Waals surface area contributed by atoms with E-state index in [0.29, 0.717) is 25.8 Å². The zero-order valence-corrected chi connectivity index (χ0v) is 14.7. The Morgan fingerprint density at radius 2 is 2.10 bits per heavy atom. The Morgan fingerprint density at radius 3 is 2.76 bits per heavy atom. The fraction of sp³-hybridized carbons (Fsp3) is 0.333. The van der Waals surface area contributed by atoms with Crippen molar-refractivity contribution in [3.8, 4) is 0 Å². The lowest BCUT2D eigenvalue weighted by Crippen LogP contribution is -2.28. The quantitative estimate of drug-likeness (QED) is 0.399. The summed E-state index contributed by atoms with van der Waals surface area (Å²) in [4.78, 5) is 14.7. The van der Waals surface area contributed by atoms with Crippen LogP contribution in [-0.4, -0.2) is 21.7 Å². The molecule has 1 aromatic rings. The van der Waals surface area contributed by atoms with E-state index in [1.807, 2.05) is 0 Å². The maximum Gasteiger partial charge on any atom is 0.266 e. The predicted octanol–water partition coefficient (Wildman–Crippen LogP) is 5.38. The van der Waals surface area contributed by atoms with Gasteiger partial charge in [0.15, 0.2) is 0 Å². The van der Waals surface area contributed by atoms with Gasteiger partial charge in [0.2, 0.25) is 0 Å². The molecule has 0 N–H and O–H groups in total. The molecule has 0 bridgehead atoms. The summed E-state index contributed by atoms with van der Waals surface area (Å²) in [7, 11) is 0. The fourth-order valence-corrected chi connectivity index (χ4v) is 3.73. The summed E-state index contributed by atoms with van der Waals surface area (Å²) in [6.45, 7) is 2.82. The van der Waals surface area contributed by atoms with Gasteiger partial charge >= 0.3 is 0 Å². The van der Waals surface area contributed by atoms with E-state index in [2.05, 4.69) is 6.92 Å². The number of thioether (sulfide) groups is 1. The average Bonchev–Trinajstić information content (AvgIpc) is 2.69. The highest BCUT2D eigenvalue weighted by Gasteiger charge is 2.31. The second kappa shape index (κ2) is 7.63. The summed E-state index contributed by atoms with van der Waals surface area (Å²) in [5.74, 6) is -0.0351. The summed E-state index contributed by atoms with van der Waals surface area (Å²) in [6.07, 6.45) is 4.96. The van der Waals surface area contributed by atoms with Gasteiger partial charge in [0.05, 0.1) is 4.91 Å². The lowest BCUT2D eigenvalue weighted by atomic mass is 10.2. The Labute approximate surface area is 144 Å². The molecule has 0 spiro atoms. The lowest BCUT2D eigenvalue weighted by Gasteiger charge is -2.13. The van der Waals surface area contributed by atoms with Crippen LogP contribution in [0.2, 0.25) is 10.0 Å². The summed E-state index contributed by atoms with van der Waals surface area (Å²) >= 11 is 18.6. The van der Waals surface area contributed by atoms with E-state index in [-0.39, 0.29) is 5.91 Å². The molecule has 112 valence electrons. The van der Waals surface area contributed by atoms with Crippen LogP contribution in [0.1, 0.15) is 31.7 Å². The van der Waals surface area contributed by atoms with Gasteiger partial charge in [-0.15, -0.1) is 0 Å². The van der Waals surface area contributed by atoms with Crippen molar-refractivity contribution in [3.63, 3.8) is 0 Å². The minimum Gasteiger partial charge on any atom is -0.293 e. The minimum absolute atomic E-state index is 0.0351. The van der Waals surface area contributed by atoms with E-state index in [1.165, 1.54) is 11.8 Å². The van der Waals surface area contributed by atoms with Crippen LogP contribution in [0.15, 0.2) is 23.1 Å². The number of rotatable bonds is 5. The molecule has 1 heterocycles. The van der Waals surface area contributed by atoms with E-state index >= 15 is 0 Å². The van der Waals surface area contributed by atoms with Gasteiger partial charge in [-0.25, -0.2) is 0 Å². The van der Waals surface area contributed by atoms with Gasteiger partial charge in [0.25, 0.3) is 5.91 Å². The second-order valence-electron chi connectivity index (χ2n) is 4.71. The Morgan fingerprint density at radius 1 is 1.33 bits per heavy atom. The topological polar surface area (TPSA) is 20.3 Å². The number of unbranched alkanes of at least 4 members (excludes halogenated alkanes) is 2. The number of benzene rings is 1. The zero-order valence-electron chi connectivity index (χ0n) is 11.6. The molecular formula is C15H15Cl2NOS2. The van der Waals surface area contributed by atoms with Crippen LogP contribution in [0.25, 0.3) is 6.08 Å². The molecule has 21 heavy (non-hydrogen) atoms. The van der Waals surface area contributed by atoms with Crippen LogP contribution >= 0.6 is 47.2 Å². The number of amides is 1. The highest BCUT2D eigenvalue weighted by molar-refractivity contribution is 8.26. The molecular weight excluding hydrogens is 345 g/mol. The van der Waals surface area contributed by atoms with Crippen LogP contribution in [-0.2, 0) is 4.79 Å². The van der Waals surface area contributed by atoms with Crippen LogP contribution in [0.4, 0.5) is 0 Å². The van der Waals surface area contributed by atoms with E-state index in [9.17, 15) is 4.79 Å². The minimum atomic E-state index is -0.0351. The SMILES string of the molecule is CCCCCN1C(=O)/C(=C\c2ccc(Cl)cc2Cl)SC1=S. The first-order valence-electron chi connectivity index (χ1n) is 6.73. The molecule has 0 unspecified atom stereocenters. The Bertz CT molecular complexity index is 601. The number of thiocarbonyl (C=S) groups is 1. The molecule has 1 aromatic carbocycles. The Hall–Kier alpha value is -0.550. The summed E-state index contributed by atoms with van der Waals surface area (Å²) in [5, 5.41) is 1.10. The number of nitrogens with zero attached hydrogens (tertiary/aromatic N) is 1. The van der Waals surface area contributed by atoms with Crippen LogP contribution in [0, 0.1) is 0 Å². The van der Waals surface area contributed by atoms with Gasteiger partial charge in [-0.2, -0.15) is 0 Å². The van der Waals surface area contributed by atoms with Crippen molar-refractivity contribution in [3.05, 3.63) is 38.7 Å². The summed E-state index contributed by atoms with van der Waals surface area (Å²) < 4.78 is 0.618.